The number of pyridine rings is 1. The molecule has 0 aromatic carbocycles. The number of amides is 2. The van der Waals surface area contributed by atoms with Crippen molar-refractivity contribution in [3.05, 3.63) is 30.1 Å². The lowest BCUT2D eigenvalue weighted by molar-refractivity contribution is -0.124. The first kappa shape index (κ1) is 21.6. The van der Waals surface area contributed by atoms with Crippen LogP contribution >= 0.6 is 24.8 Å². The van der Waals surface area contributed by atoms with Crippen molar-refractivity contribution in [2.75, 3.05) is 13.1 Å². The maximum Gasteiger partial charge on any atom is 0.237 e. The molecule has 1 aliphatic heterocycles. The number of hydrogen-bond acceptors (Lipinski definition) is 4. The summed E-state index contributed by atoms with van der Waals surface area (Å²) in [5.41, 5.74) is 0.960. The second-order valence-electron chi connectivity index (χ2n) is 5.18. The van der Waals surface area contributed by atoms with Gasteiger partial charge in [-0.3, -0.25) is 14.6 Å². The molecule has 2 amide bonds. The van der Waals surface area contributed by atoms with E-state index in [2.05, 4.69) is 20.9 Å². The van der Waals surface area contributed by atoms with Crippen LogP contribution in [-0.2, 0) is 16.1 Å². The van der Waals surface area contributed by atoms with E-state index in [4.69, 9.17) is 0 Å². The van der Waals surface area contributed by atoms with Gasteiger partial charge in [0.2, 0.25) is 11.8 Å². The van der Waals surface area contributed by atoms with Crippen LogP contribution in [0.25, 0.3) is 0 Å². The van der Waals surface area contributed by atoms with Crippen LogP contribution in [0.4, 0.5) is 0 Å². The lowest BCUT2D eigenvalue weighted by Crippen LogP contribution is -2.47. The molecule has 2 heterocycles. The molecule has 1 aliphatic rings. The minimum Gasteiger partial charge on any atom is -0.354 e. The van der Waals surface area contributed by atoms with Gasteiger partial charge in [-0.1, -0.05) is 12.5 Å². The summed E-state index contributed by atoms with van der Waals surface area (Å²) >= 11 is 0. The van der Waals surface area contributed by atoms with Crippen LogP contribution in [0.2, 0.25) is 0 Å². The summed E-state index contributed by atoms with van der Waals surface area (Å²) < 4.78 is 0. The number of hydrogen-bond donors (Lipinski definition) is 3. The van der Waals surface area contributed by atoms with Gasteiger partial charge in [0.05, 0.1) is 6.04 Å². The van der Waals surface area contributed by atoms with E-state index in [0.717, 1.165) is 31.4 Å². The molecule has 3 N–H and O–H groups in total. The van der Waals surface area contributed by atoms with Gasteiger partial charge in [-0.2, -0.15) is 0 Å². The largest absolute Gasteiger partial charge is 0.354 e. The Morgan fingerprint density at radius 2 is 2.09 bits per heavy atom. The summed E-state index contributed by atoms with van der Waals surface area (Å²) in [6.45, 7) is 1.73. The first-order valence-corrected chi connectivity index (χ1v) is 7.42. The van der Waals surface area contributed by atoms with Crippen LogP contribution in [0.5, 0.6) is 0 Å². The van der Waals surface area contributed by atoms with Crippen molar-refractivity contribution in [2.45, 2.75) is 38.3 Å². The van der Waals surface area contributed by atoms with E-state index in [-0.39, 0.29) is 42.7 Å². The number of halogens is 2. The maximum atomic E-state index is 11.8. The van der Waals surface area contributed by atoms with E-state index in [9.17, 15) is 9.59 Å². The molecule has 1 aromatic heterocycles. The summed E-state index contributed by atoms with van der Waals surface area (Å²) in [7, 11) is 0. The zero-order valence-electron chi connectivity index (χ0n) is 12.9. The summed E-state index contributed by atoms with van der Waals surface area (Å²) in [6.07, 6.45) is 6.78. The molecule has 6 nitrogen and oxygen atoms in total. The molecule has 0 radical (unpaired) electrons. The molecule has 1 unspecified atom stereocenters. The van der Waals surface area contributed by atoms with Gasteiger partial charge in [0.1, 0.15) is 0 Å². The third-order valence-electron chi connectivity index (χ3n) is 3.49. The Morgan fingerprint density at radius 1 is 1.26 bits per heavy atom. The second-order valence-corrected chi connectivity index (χ2v) is 5.18. The van der Waals surface area contributed by atoms with Crippen molar-refractivity contribution in [3.63, 3.8) is 0 Å². The van der Waals surface area contributed by atoms with Crippen LogP contribution in [0.15, 0.2) is 24.5 Å². The Morgan fingerprint density at radius 3 is 2.74 bits per heavy atom. The Bertz CT molecular complexity index is 468. The number of carbonyl (C=O) groups excluding carboxylic acids is 2. The van der Waals surface area contributed by atoms with Crippen molar-refractivity contribution in [3.8, 4) is 0 Å². The van der Waals surface area contributed by atoms with E-state index >= 15 is 0 Å². The lowest BCUT2D eigenvalue weighted by Gasteiger charge is -2.22. The normalized spacial score (nSPS) is 16.4. The third-order valence-corrected chi connectivity index (χ3v) is 3.49. The van der Waals surface area contributed by atoms with Crippen molar-refractivity contribution in [2.24, 2.45) is 0 Å². The number of aromatic nitrogens is 1. The highest BCUT2D eigenvalue weighted by Gasteiger charge is 2.19. The fourth-order valence-electron chi connectivity index (χ4n) is 2.29. The highest BCUT2D eigenvalue weighted by molar-refractivity contribution is 5.85. The molecule has 130 valence electrons. The molecule has 0 bridgehead atoms. The molecule has 0 saturated carbocycles. The van der Waals surface area contributed by atoms with Gasteiger partial charge in [-0.25, -0.2) is 0 Å². The number of nitrogens with one attached hydrogen (secondary N) is 3. The van der Waals surface area contributed by atoms with Crippen molar-refractivity contribution in [1.82, 2.24) is 20.9 Å². The molecule has 8 heteroatoms. The van der Waals surface area contributed by atoms with Crippen LogP contribution < -0.4 is 16.0 Å². The molecule has 2 rings (SSSR count). The van der Waals surface area contributed by atoms with Crippen LogP contribution in [-0.4, -0.2) is 35.9 Å². The van der Waals surface area contributed by atoms with Gasteiger partial charge < -0.3 is 16.0 Å². The van der Waals surface area contributed by atoms with Crippen molar-refractivity contribution < 1.29 is 9.59 Å². The van der Waals surface area contributed by atoms with Crippen molar-refractivity contribution in [1.29, 1.82) is 0 Å². The topological polar surface area (TPSA) is 83.1 Å². The zero-order valence-corrected chi connectivity index (χ0v) is 14.5. The van der Waals surface area contributed by atoms with Gasteiger partial charge in [0.25, 0.3) is 0 Å². The quantitative estimate of drug-likeness (QED) is 0.709. The number of nitrogens with zero attached hydrogens (tertiary/aromatic N) is 1. The van der Waals surface area contributed by atoms with Gasteiger partial charge in [-0.05, 0) is 31.0 Å². The van der Waals surface area contributed by atoms with Gasteiger partial charge in [0.15, 0.2) is 0 Å². The fourth-order valence-corrected chi connectivity index (χ4v) is 2.29. The summed E-state index contributed by atoms with van der Waals surface area (Å²) in [6, 6.07) is 3.64. The molecule has 1 fully saturated rings. The maximum absolute atomic E-state index is 11.8. The predicted octanol–water partition coefficient (Wildman–Crippen LogP) is 1.19. The molecule has 0 aliphatic carbocycles. The molecule has 1 aromatic rings. The molecule has 1 saturated heterocycles. The monoisotopic (exact) mass is 362 g/mol. The minimum absolute atomic E-state index is 0. The Balaban J connectivity index is 0.00000242. The minimum atomic E-state index is -0.0998. The van der Waals surface area contributed by atoms with E-state index in [1.54, 1.807) is 12.4 Å². The smallest absolute Gasteiger partial charge is 0.237 e. The number of rotatable bonds is 6. The molecular weight excluding hydrogens is 339 g/mol. The van der Waals surface area contributed by atoms with E-state index < -0.39 is 0 Å². The van der Waals surface area contributed by atoms with E-state index in [1.165, 1.54) is 0 Å². The summed E-state index contributed by atoms with van der Waals surface area (Å²) in [5.74, 6) is -0.0782. The number of carbonyl (C=O) groups is 2. The average Bonchev–Trinajstić information content (AvgIpc) is 2.54. The Labute approximate surface area is 149 Å². The SMILES string of the molecule is Cl.Cl.O=C(CCNC(=O)C1CCCCN1)NCc1cccnc1. The van der Waals surface area contributed by atoms with Gasteiger partial charge >= 0.3 is 0 Å². The van der Waals surface area contributed by atoms with Gasteiger partial charge in [-0.15, -0.1) is 24.8 Å². The fraction of sp³-hybridized carbons (Fsp3) is 0.533. The van der Waals surface area contributed by atoms with Crippen LogP contribution in [0.3, 0.4) is 0 Å². The number of piperidine rings is 1. The molecule has 1 atom stereocenters. The zero-order chi connectivity index (χ0) is 14.9. The van der Waals surface area contributed by atoms with E-state index in [0.29, 0.717) is 19.5 Å². The summed E-state index contributed by atoms with van der Waals surface area (Å²) in [5, 5.41) is 8.80. The van der Waals surface area contributed by atoms with E-state index in [1.807, 2.05) is 12.1 Å². The lowest BCUT2D eigenvalue weighted by atomic mass is 10.0. The molecule has 0 spiro atoms. The highest BCUT2D eigenvalue weighted by Crippen LogP contribution is 2.06. The highest BCUT2D eigenvalue weighted by atomic mass is 35.5. The third kappa shape index (κ3) is 8.16. The first-order valence-electron chi connectivity index (χ1n) is 7.42. The van der Waals surface area contributed by atoms with Crippen molar-refractivity contribution >= 4 is 36.6 Å². The summed E-state index contributed by atoms with van der Waals surface area (Å²) in [4.78, 5) is 27.5. The van der Waals surface area contributed by atoms with Crippen LogP contribution in [0.1, 0.15) is 31.2 Å². The second kappa shape index (κ2) is 12.1. The standard InChI is InChI=1S/C15H22N4O2.2ClH/c20-14(19-11-12-4-3-7-16-10-12)6-9-18-15(21)13-5-1-2-8-17-13;;/h3-4,7,10,13,17H,1-2,5-6,8-9,11H2,(H,18,21)(H,19,20);2*1H. The first-order chi connectivity index (χ1) is 10.3. The van der Waals surface area contributed by atoms with Gasteiger partial charge in [0, 0.05) is 31.9 Å². The molecule has 23 heavy (non-hydrogen) atoms. The average molecular weight is 363 g/mol. The molecular formula is C15H24Cl2N4O2. The Kier molecular flexibility index (Phi) is 11.4. The Hall–Kier alpha value is -1.37. The van der Waals surface area contributed by atoms with Crippen LogP contribution in [0, 0.1) is 0 Å². The predicted molar refractivity (Wildman–Crippen MR) is 93.8 cm³/mol.